The molecule has 0 aliphatic rings. The number of nitrogens with one attached hydrogen (secondary N) is 1. The summed E-state index contributed by atoms with van der Waals surface area (Å²) < 4.78 is 0.342. The fourth-order valence-corrected chi connectivity index (χ4v) is 1.70. The van der Waals surface area contributed by atoms with Crippen molar-refractivity contribution >= 4 is 27.5 Å². The highest BCUT2D eigenvalue weighted by atomic mass is 79.9. The third kappa shape index (κ3) is 3.50. The van der Waals surface area contributed by atoms with Crippen LogP contribution in [-0.2, 0) is 0 Å². The zero-order valence-corrected chi connectivity index (χ0v) is 10.6. The van der Waals surface area contributed by atoms with E-state index < -0.39 is 10.8 Å². The van der Waals surface area contributed by atoms with Crippen LogP contribution in [0.15, 0.2) is 22.7 Å². The van der Waals surface area contributed by atoms with E-state index in [0.717, 1.165) is 0 Å². The van der Waals surface area contributed by atoms with Gasteiger partial charge >= 0.3 is 0 Å². The third-order valence-corrected chi connectivity index (χ3v) is 2.72. The van der Waals surface area contributed by atoms with Gasteiger partial charge in [-0.2, -0.15) is 0 Å². The molecular weight excluding hydrogens is 292 g/mol. The molecule has 0 aromatic heterocycles. The van der Waals surface area contributed by atoms with Crippen LogP contribution in [0.25, 0.3) is 0 Å². The highest BCUT2D eigenvalue weighted by Gasteiger charge is 2.15. The predicted octanol–water partition coefficient (Wildman–Crippen LogP) is 1.47. The number of nitro groups is 1. The van der Waals surface area contributed by atoms with Crippen LogP contribution >= 0.6 is 15.9 Å². The molecule has 0 saturated carbocycles. The number of aliphatic hydroxyl groups is 1. The summed E-state index contributed by atoms with van der Waals surface area (Å²) in [6.45, 7) is 1.48. The van der Waals surface area contributed by atoms with E-state index >= 15 is 0 Å². The van der Waals surface area contributed by atoms with Gasteiger partial charge < -0.3 is 10.4 Å². The minimum Gasteiger partial charge on any atom is -0.394 e. The SMILES string of the molecule is CC(CO)NC(=O)c1ccc([N+](=O)[O-])cc1Br. The largest absolute Gasteiger partial charge is 0.394 e. The lowest BCUT2D eigenvalue weighted by Gasteiger charge is -2.11. The summed E-state index contributed by atoms with van der Waals surface area (Å²) in [6.07, 6.45) is 0. The van der Waals surface area contributed by atoms with E-state index in [4.69, 9.17) is 5.11 Å². The minimum absolute atomic E-state index is 0.0939. The summed E-state index contributed by atoms with van der Waals surface area (Å²) in [4.78, 5) is 21.7. The predicted molar refractivity (Wildman–Crippen MR) is 64.8 cm³/mol. The van der Waals surface area contributed by atoms with Gasteiger partial charge in [0.05, 0.1) is 17.1 Å². The lowest BCUT2D eigenvalue weighted by molar-refractivity contribution is -0.384. The van der Waals surface area contributed by atoms with Crippen molar-refractivity contribution in [1.29, 1.82) is 0 Å². The first-order chi connectivity index (χ1) is 7.95. The molecule has 1 amide bonds. The van der Waals surface area contributed by atoms with E-state index in [0.29, 0.717) is 4.47 Å². The van der Waals surface area contributed by atoms with Gasteiger partial charge in [0.2, 0.25) is 0 Å². The van der Waals surface area contributed by atoms with Gasteiger partial charge in [-0.3, -0.25) is 14.9 Å². The first-order valence-corrected chi connectivity index (χ1v) is 5.60. The Bertz CT molecular complexity index is 450. The molecule has 0 saturated heterocycles. The first kappa shape index (κ1) is 13.6. The summed E-state index contributed by atoms with van der Waals surface area (Å²) in [7, 11) is 0. The molecule has 0 fully saturated rings. The number of nitro benzene ring substituents is 1. The molecule has 92 valence electrons. The zero-order chi connectivity index (χ0) is 13.0. The molecule has 1 unspecified atom stereocenters. The summed E-state index contributed by atoms with van der Waals surface area (Å²) in [5.74, 6) is -0.395. The molecule has 0 spiro atoms. The van der Waals surface area contributed by atoms with Gasteiger partial charge in [-0.1, -0.05) is 0 Å². The van der Waals surface area contributed by atoms with Gasteiger partial charge in [0.1, 0.15) is 0 Å². The number of nitrogens with zero attached hydrogens (tertiary/aromatic N) is 1. The van der Waals surface area contributed by atoms with Gasteiger partial charge in [-0.15, -0.1) is 0 Å². The Morgan fingerprint density at radius 1 is 1.65 bits per heavy atom. The fourth-order valence-electron chi connectivity index (χ4n) is 1.15. The number of rotatable bonds is 4. The molecule has 6 nitrogen and oxygen atoms in total. The van der Waals surface area contributed by atoms with Crippen LogP contribution < -0.4 is 5.32 Å². The number of carbonyl (C=O) groups excluding carboxylic acids is 1. The van der Waals surface area contributed by atoms with Gasteiger partial charge in [0, 0.05) is 22.6 Å². The van der Waals surface area contributed by atoms with Crippen molar-refractivity contribution in [1.82, 2.24) is 5.32 Å². The third-order valence-electron chi connectivity index (χ3n) is 2.06. The average molecular weight is 303 g/mol. The second-order valence-electron chi connectivity index (χ2n) is 3.48. The highest BCUT2D eigenvalue weighted by Crippen LogP contribution is 2.22. The number of benzene rings is 1. The molecule has 0 heterocycles. The number of aliphatic hydroxyl groups excluding tert-OH is 1. The summed E-state index contributed by atoms with van der Waals surface area (Å²) in [5.41, 5.74) is 0.194. The lowest BCUT2D eigenvalue weighted by Crippen LogP contribution is -2.35. The quantitative estimate of drug-likeness (QED) is 0.650. The van der Waals surface area contributed by atoms with Crippen molar-refractivity contribution in [3.8, 4) is 0 Å². The Kier molecular flexibility index (Phi) is 4.59. The number of amides is 1. The molecule has 2 N–H and O–H groups in total. The van der Waals surface area contributed by atoms with Crippen molar-refractivity contribution in [2.45, 2.75) is 13.0 Å². The monoisotopic (exact) mass is 302 g/mol. The van der Waals surface area contributed by atoms with Gasteiger partial charge in [-0.25, -0.2) is 0 Å². The normalized spacial score (nSPS) is 11.9. The molecule has 0 radical (unpaired) electrons. The van der Waals surface area contributed by atoms with E-state index in [2.05, 4.69) is 21.2 Å². The van der Waals surface area contributed by atoms with Crippen LogP contribution in [0, 0.1) is 10.1 Å². The molecule has 0 aliphatic carbocycles. The van der Waals surface area contributed by atoms with E-state index in [-0.39, 0.29) is 23.9 Å². The molecule has 1 aromatic carbocycles. The van der Waals surface area contributed by atoms with Gasteiger partial charge in [0.25, 0.3) is 11.6 Å². The number of hydrogen-bond acceptors (Lipinski definition) is 4. The van der Waals surface area contributed by atoms with Gasteiger partial charge in [0.15, 0.2) is 0 Å². The summed E-state index contributed by atoms with van der Waals surface area (Å²) in [5, 5.41) is 21.9. The second kappa shape index (κ2) is 5.74. The summed E-state index contributed by atoms with van der Waals surface area (Å²) in [6, 6.07) is 3.51. The fraction of sp³-hybridized carbons (Fsp3) is 0.300. The van der Waals surface area contributed by atoms with Crippen molar-refractivity contribution in [2.75, 3.05) is 6.61 Å². The molecule has 7 heteroatoms. The van der Waals surface area contributed by atoms with Crippen LogP contribution in [0.3, 0.4) is 0 Å². The maximum atomic E-state index is 11.7. The summed E-state index contributed by atoms with van der Waals surface area (Å²) >= 11 is 3.10. The number of hydrogen-bond donors (Lipinski definition) is 2. The van der Waals surface area contributed by atoms with Crippen molar-refractivity contribution in [3.05, 3.63) is 38.3 Å². The average Bonchev–Trinajstić information content (AvgIpc) is 2.28. The van der Waals surface area contributed by atoms with Crippen LogP contribution in [0.4, 0.5) is 5.69 Å². The van der Waals surface area contributed by atoms with Crippen molar-refractivity contribution in [2.24, 2.45) is 0 Å². The highest BCUT2D eigenvalue weighted by molar-refractivity contribution is 9.10. The van der Waals surface area contributed by atoms with Gasteiger partial charge in [-0.05, 0) is 28.9 Å². The Morgan fingerprint density at radius 3 is 2.76 bits per heavy atom. The Hall–Kier alpha value is -1.47. The van der Waals surface area contributed by atoms with Crippen LogP contribution in [0.2, 0.25) is 0 Å². The van der Waals surface area contributed by atoms with Crippen LogP contribution in [0.5, 0.6) is 0 Å². The van der Waals surface area contributed by atoms with Crippen molar-refractivity contribution in [3.63, 3.8) is 0 Å². The second-order valence-corrected chi connectivity index (χ2v) is 4.33. The maximum Gasteiger partial charge on any atom is 0.270 e. The molecule has 0 bridgehead atoms. The number of halogens is 1. The lowest BCUT2D eigenvalue weighted by atomic mass is 10.2. The smallest absolute Gasteiger partial charge is 0.270 e. The zero-order valence-electron chi connectivity index (χ0n) is 9.01. The Balaban J connectivity index is 2.92. The Labute approximate surface area is 106 Å². The molecule has 1 aromatic rings. The van der Waals surface area contributed by atoms with Crippen LogP contribution in [0.1, 0.15) is 17.3 Å². The van der Waals surface area contributed by atoms with E-state index in [9.17, 15) is 14.9 Å². The van der Waals surface area contributed by atoms with E-state index in [1.54, 1.807) is 6.92 Å². The number of carbonyl (C=O) groups is 1. The Morgan fingerprint density at radius 2 is 2.29 bits per heavy atom. The van der Waals surface area contributed by atoms with Crippen LogP contribution in [-0.4, -0.2) is 28.6 Å². The topological polar surface area (TPSA) is 92.5 Å². The van der Waals surface area contributed by atoms with E-state index in [1.807, 2.05) is 0 Å². The standard InChI is InChI=1S/C10H11BrN2O4/c1-6(5-14)12-10(15)8-3-2-7(13(16)17)4-9(8)11/h2-4,6,14H,5H2,1H3,(H,12,15). The molecule has 1 rings (SSSR count). The molecule has 1 atom stereocenters. The molecule has 0 aliphatic heterocycles. The minimum atomic E-state index is -0.539. The number of non-ortho nitro benzene ring substituents is 1. The first-order valence-electron chi connectivity index (χ1n) is 4.81. The molecule has 17 heavy (non-hydrogen) atoms. The van der Waals surface area contributed by atoms with E-state index in [1.165, 1.54) is 18.2 Å². The van der Waals surface area contributed by atoms with Crippen molar-refractivity contribution < 1.29 is 14.8 Å². The maximum absolute atomic E-state index is 11.7. The molecular formula is C10H11BrN2O4.